The Morgan fingerprint density at radius 3 is 2.96 bits per heavy atom. The third-order valence-corrected chi connectivity index (χ3v) is 5.49. The average molecular weight is 370 g/mol. The lowest BCUT2D eigenvalue weighted by Gasteiger charge is -2.32. The van der Waals surface area contributed by atoms with Crippen molar-refractivity contribution in [3.05, 3.63) is 24.7 Å². The fourth-order valence-corrected chi connectivity index (χ4v) is 4.04. The van der Waals surface area contributed by atoms with Gasteiger partial charge in [-0.05, 0) is 24.2 Å². The molecule has 0 aromatic carbocycles. The first kappa shape index (κ1) is 16.3. The van der Waals surface area contributed by atoms with E-state index in [1.807, 2.05) is 30.4 Å². The van der Waals surface area contributed by atoms with Crippen LogP contribution in [0.1, 0.15) is 19.3 Å². The molecule has 1 aliphatic carbocycles. The zero-order valence-corrected chi connectivity index (χ0v) is 15.0. The molecule has 1 saturated carbocycles. The molecule has 9 heteroatoms. The van der Waals surface area contributed by atoms with E-state index in [1.54, 1.807) is 17.1 Å². The maximum atomic E-state index is 13.3. The predicted octanol–water partition coefficient (Wildman–Crippen LogP) is 1.40. The van der Waals surface area contributed by atoms with Gasteiger partial charge in [-0.25, -0.2) is 8.97 Å². The van der Waals surface area contributed by atoms with E-state index < -0.39 is 12.1 Å². The molecule has 2 aliphatic heterocycles. The number of rotatable bonds is 4. The average Bonchev–Trinajstić information content (AvgIpc) is 3.16. The zero-order chi connectivity index (χ0) is 18.5. The van der Waals surface area contributed by atoms with Gasteiger partial charge in [0.05, 0.1) is 42.2 Å². The Hall–Kier alpha value is -2.84. The highest BCUT2D eigenvalue weighted by Crippen LogP contribution is 2.39. The molecule has 4 heterocycles. The second kappa shape index (κ2) is 6.11. The van der Waals surface area contributed by atoms with E-state index in [1.165, 1.54) is 0 Å². The number of carbonyl (C=O) groups is 1. The number of anilines is 2. The Morgan fingerprint density at radius 1 is 1.41 bits per heavy atom. The number of hydrogen-bond donors (Lipinski definition) is 1. The number of aromatic nitrogens is 4. The molecule has 2 aromatic heterocycles. The number of carbonyl (C=O) groups excluding carboxylic acids is 1. The standard InChI is InChI=1S/C18H21FN7O/c1-24-8-11(7-21-24)22-18-20-5-4-16(23-18)25-9-12-2-3-13(10-25)26(12)17(27)14-6-15(14)19/h4-5,7-9,12-15H,2-3,6,10H2,1H3,(H,20,22,23)/q+1/t12-,13+,14-,15-/m1/s1. The Bertz CT molecular complexity index is 926. The first-order valence-corrected chi connectivity index (χ1v) is 9.25. The topological polar surface area (TPSA) is 79.0 Å². The smallest absolute Gasteiger partial charge is 0.325 e. The Morgan fingerprint density at radius 2 is 2.26 bits per heavy atom. The van der Waals surface area contributed by atoms with Gasteiger partial charge in [0.15, 0.2) is 0 Å². The van der Waals surface area contributed by atoms with Crippen LogP contribution < -0.4 is 5.32 Å². The summed E-state index contributed by atoms with van der Waals surface area (Å²) in [4.78, 5) is 23.3. The summed E-state index contributed by atoms with van der Waals surface area (Å²) in [6, 6.07) is 2.00. The molecule has 0 radical (unpaired) electrons. The molecule has 4 atom stereocenters. The van der Waals surface area contributed by atoms with Crippen LogP contribution >= 0.6 is 0 Å². The Balaban J connectivity index is 1.36. The van der Waals surface area contributed by atoms with Crippen LogP contribution in [0.15, 0.2) is 24.7 Å². The van der Waals surface area contributed by atoms with E-state index in [0.717, 1.165) is 24.3 Å². The summed E-state index contributed by atoms with van der Waals surface area (Å²) in [5.74, 6) is 0.850. The van der Waals surface area contributed by atoms with Gasteiger partial charge in [-0.3, -0.25) is 14.8 Å². The van der Waals surface area contributed by atoms with Crippen LogP contribution in [-0.4, -0.2) is 66.1 Å². The summed E-state index contributed by atoms with van der Waals surface area (Å²) in [6.07, 6.45) is 8.62. The summed E-state index contributed by atoms with van der Waals surface area (Å²) in [5.41, 5.74) is 0.819. The van der Waals surface area contributed by atoms with E-state index in [4.69, 9.17) is 0 Å². The monoisotopic (exact) mass is 370 g/mol. The van der Waals surface area contributed by atoms with E-state index in [0.29, 0.717) is 18.9 Å². The summed E-state index contributed by atoms with van der Waals surface area (Å²) in [6.45, 7) is 0.676. The second-order valence-corrected chi connectivity index (χ2v) is 7.47. The zero-order valence-electron chi connectivity index (χ0n) is 15.0. The molecule has 0 spiro atoms. The molecule has 2 aromatic rings. The Kier molecular flexibility index (Phi) is 3.70. The van der Waals surface area contributed by atoms with Crippen molar-refractivity contribution in [3.63, 3.8) is 0 Å². The highest BCUT2D eigenvalue weighted by Gasteiger charge is 2.51. The van der Waals surface area contributed by atoms with Crippen LogP contribution in [0.5, 0.6) is 0 Å². The van der Waals surface area contributed by atoms with E-state index >= 15 is 0 Å². The van der Waals surface area contributed by atoms with Crippen LogP contribution in [0.3, 0.4) is 0 Å². The van der Waals surface area contributed by atoms with Crippen molar-refractivity contribution in [3.8, 4) is 0 Å². The van der Waals surface area contributed by atoms with Crippen molar-refractivity contribution in [1.82, 2.24) is 24.6 Å². The van der Waals surface area contributed by atoms with E-state index in [2.05, 4.69) is 25.0 Å². The molecule has 2 bridgehead atoms. The first-order valence-electron chi connectivity index (χ1n) is 9.25. The number of nitrogens with one attached hydrogen (secondary N) is 1. The molecular weight excluding hydrogens is 349 g/mol. The number of alkyl halides is 1. The summed E-state index contributed by atoms with van der Waals surface area (Å²) < 4.78 is 17.1. The van der Waals surface area contributed by atoms with Gasteiger partial charge in [0.25, 0.3) is 0 Å². The van der Waals surface area contributed by atoms with Crippen molar-refractivity contribution in [1.29, 1.82) is 0 Å². The van der Waals surface area contributed by atoms with Crippen molar-refractivity contribution < 1.29 is 13.8 Å². The summed E-state index contributed by atoms with van der Waals surface area (Å²) >= 11 is 0. The Labute approximate surface area is 155 Å². The van der Waals surface area contributed by atoms with Gasteiger partial charge in [-0.15, -0.1) is 0 Å². The molecule has 1 N–H and O–H groups in total. The minimum atomic E-state index is -0.946. The van der Waals surface area contributed by atoms with Crippen molar-refractivity contribution >= 4 is 29.6 Å². The largest absolute Gasteiger partial charge is 0.343 e. The number of hydrogen-bond acceptors (Lipinski definition) is 5. The summed E-state index contributed by atoms with van der Waals surface area (Å²) in [5, 5.41) is 7.27. The maximum absolute atomic E-state index is 13.3. The van der Waals surface area contributed by atoms with Crippen LogP contribution in [0.2, 0.25) is 0 Å². The maximum Gasteiger partial charge on any atom is 0.343 e. The molecule has 5 rings (SSSR count). The van der Waals surface area contributed by atoms with Crippen molar-refractivity contribution in [2.45, 2.75) is 37.5 Å². The minimum Gasteiger partial charge on any atom is -0.325 e. The fraction of sp³-hybridized carbons (Fsp3) is 0.500. The highest BCUT2D eigenvalue weighted by molar-refractivity contribution is 5.86. The van der Waals surface area contributed by atoms with Crippen LogP contribution in [0.4, 0.5) is 21.8 Å². The molecule has 3 aliphatic rings. The number of amides is 1. The molecule has 27 heavy (non-hydrogen) atoms. The predicted molar refractivity (Wildman–Crippen MR) is 96.0 cm³/mol. The third kappa shape index (κ3) is 2.96. The molecule has 140 valence electrons. The number of fused-ring (bicyclic) bond motifs is 2. The highest BCUT2D eigenvalue weighted by atomic mass is 19.1. The molecule has 1 saturated heterocycles. The van der Waals surface area contributed by atoms with Crippen molar-refractivity contribution in [2.75, 3.05) is 11.9 Å². The van der Waals surface area contributed by atoms with Gasteiger partial charge in [0.2, 0.25) is 5.91 Å². The van der Waals surface area contributed by atoms with Crippen molar-refractivity contribution in [2.24, 2.45) is 13.0 Å². The minimum absolute atomic E-state index is 0.0208. The lowest BCUT2D eigenvalue weighted by atomic mass is 10.2. The third-order valence-electron chi connectivity index (χ3n) is 5.49. The first-order chi connectivity index (χ1) is 13.1. The van der Waals surface area contributed by atoms with Gasteiger partial charge in [-0.1, -0.05) is 0 Å². The lowest BCUT2D eigenvalue weighted by Crippen LogP contribution is -2.50. The van der Waals surface area contributed by atoms with Gasteiger partial charge >= 0.3 is 11.8 Å². The fourth-order valence-electron chi connectivity index (χ4n) is 4.04. The lowest BCUT2D eigenvalue weighted by molar-refractivity contribution is -0.454. The number of aryl methyl sites for hydroxylation is 1. The molecule has 2 fully saturated rings. The SMILES string of the molecule is Cn1cc(Nc2nccc([N+]3=C[C@H]4CC[C@@H](C3)N4C(=O)[C@@H]3C[C@H]3F)n2)cn1. The van der Waals surface area contributed by atoms with Crippen LogP contribution in [0.25, 0.3) is 0 Å². The normalized spacial score (nSPS) is 28.8. The van der Waals surface area contributed by atoms with E-state index in [9.17, 15) is 9.18 Å². The van der Waals surface area contributed by atoms with Crippen LogP contribution in [-0.2, 0) is 11.8 Å². The number of halogens is 1. The molecular formula is C18H21FN7O+. The number of nitrogens with zero attached hydrogens (tertiary/aromatic N) is 6. The van der Waals surface area contributed by atoms with Gasteiger partial charge in [-0.2, -0.15) is 10.1 Å². The van der Waals surface area contributed by atoms with Gasteiger partial charge < -0.3 is 4.90 Å². The molecule has 0 unspecified atom stereocenters. The molecule has 1 amide bonds. The van der Waals surface area contributed by atoms with E-state index in [-0.39, 0.29) is 18.0 Å². The summed E-state index contributed by atoms with van der Waals surface area (Å²) in [7, 11) is 1.85. The van der Waals surface area contributed by atoms with Gasteiger partial charge in [0, 0.05) is 19.4 Å². The molecule has 8 nitrogen and oxygen atoms in total. The second-order valence-electron chi connectivity index (χ2n) is 7.47. The van der Waals surface area contributed by atoms with Crippen LogP contribution in [0, 0.1) is 5.92 Å². The van der Waals surface area contributed by atoms with Gasteiger partial charge in [0.1, 0.15) is 12.7 Å². The quantitative estimate of drug-likeness (QED) is 0.823.